The van der Waals surface area contributed by atoms with Crippen molar-refractivity contribution < 1.29 is 27.6 Å². The van der Waals surface area contributed by atoms with Crippen molar-refractivity contribution in [3.63, 3.8) is 0 Å². The van der Waals surface area contributed by atoms with Gasteiger partial charge in [0.05, 0.1) is 12.3 Å². The molecule has 212 valence electrons. The summed E-state index contributed by atoms with van der Waals surface area (Å²) in [5.41, 5.74) is -2.43. The van der Waals surface area contributed by atoms with Gasteiger partial charge in [-0.3, -0.25) is 9.36 Å². The molecule has 2 saturated heterocycles. The number of ketones is 1. The van der Waals surface area contributed by atoms with Gasteiger partial charge in [-0.15, -0.1) is 0 Å². The second-order valence-electron chi connectivity index (χ2n) is 11.5. The molecule has 0 bridgehead atoms. The number of rotatable bonds is 7. The quantitative estimate of drug-likeness (QED) is 0.386. The number of fused-ring (bicyclic) bond motifs is 1. The Balaban J connectivity index is 0.00000260. The molecule has 2 fully saturated rings. The van der Waals surface area contributed by atoms with E-state index in [1.165, 1.54) is 19.2 Å². The highest BCUT2D eigenvalue weighted by Crippen LogP contribution is 2.50. The topological polar surface area (TPSA) is 133 Å². The van der Waals surface area contributed by atoms with Crippen molar-refractivity contribution in [3.8, 4) is 6.07 Å². The second-order valence-corrected chi connectivity index (χ2v) is 20.3. The van der Waals surface area contributed by atoms with Gasteiger partial charge in [0.1, 0.15) is 24.1 Å². The fourth-order valence-electron chi connectivity index (χ4n) is 5.56. The highest BCUT2D eigenvalue weighted by Gasteiger charge is 2.66. The predicted molar refractivity (Wildman–Crippen MR) is 153 cm³/mol. The smallest absolute Gasteiger partial charge is 0.350 e. The van der Waals surface area contributed by atoms with Crippen LogP contribution in [0.25, 0.3) is 0 Å². The van der Waals surface area contributed by atoms with E-state index in [4.69, 9.17) is 17.7 Å². The van der Waals surface area contributed by atoms with Gasteiger partial charge in [0.25, 0.3) is 0 Å². The van der Waals surface area contributed by atoms with Crippen LogP contribution >= 0.6 is 0 Å². The highest BCUT2D eigenvalue weighted by molar-refractivity contribution is 6.84. The number of aliphatic hydroxyl groups is 1. The zero-order valence-corrected chi connectivity index (χ0v) is 26.5. The molecule has 1 N–H and O–H groups in total. The highest BCUT2D eigenvalue weighted by atomic mass is 28.5. The number of hydrogen-bond acceptors (Lipinski definition) is 9. The Bertz CT molecular complexity index is 1100. The molecule has 1 aromatic heterocycles. The fraction of sp³-hybridized carbons (Fsp3) is 0.760. The molecule has 4 atom stereocenters. The van der Waals surface area contributed by atoms with Gasteiger partial charge in [-0.25, -0.2) is 4.79 Å². The third-order valence-electron chi connectivity index (χ3n) is 7.52. The fourth-order valence-corrected chi connectivity index (χ4v) is 16.8. The molecule has 3 rings (SSSR count). The van der Waals surface area contributed by atoms with Crippen molar-refractivity contribution in [2.45, 2.75) is 115 Å². The largest absolute Gasteiger partial charge is 0.414 e. The summed E-state index contributed by atoms with van der Waals surface area (Å²) >= 11 is 0. The Morgan fingerprint density at radius 2 is 1.69 bits per heavy atom. The first-order valence-electron chi connectivity index (χ1n) is 13.4. The van der Waals surface area contributed by atoms with Gasteiger partial charge in [0.15, 0.2) is 6.23 Å². The molecule has 1 unspecified atom stereocenters. The van der Waals surface area contributed by atoms with Crippen molar-refractivity contribution in [2.75, 3.05) is 6.61 Å². The van der Waals surface area contributed by atoms with E-state index in [0.717, 1.165) is 4.57 Å². The number of aromatic nitrogens is 2. The van der Waals surface area contributed by atoms with Gasteiger partial charge in [0.2, 0.25) is 5.60 Å². The predicted octanol–water partition coefficient (Wildman–Crippen LogP) is 2.72. The average molecular weight is 573 g/mol. The summed E-state index contributed by atoms with van der Waals surface area (Å²) in [7, 11) is 2.01. The van der Waals surface area contributed by atoms with E-state index in [0.29, 0.717) is 5.69 Å². The van der Waals surface area contributed by atoms with Gasteiger partial charge >= 0.3 is 22.8 Å². The lowest BCUT2D eigenvalue weighted by molar-refractivity contribution is -0.116. The van der Waals surface area contributed by atoms with Gasteiger partial charge in [-0.1, -0.05) is 55.4 Å². The van der Waals surface area contributed by atoms with E-state index in [1.807, 2.05) is 33.8 Å². The second kappa shape index (κ2) is 12.9. The summed E-state index contributed by atoms with van der Waals surface area (Å²) in [6, 6.07) is 3.49. The van der Waals surface area contributed by atoms with E-state index in [-0.39, 0.29) is 41.0 Å². The summed E-state index contributed by atoms with van der Waals surface area (Å²) in [5.74, 6) is -0.133. The summed E-state index contributed by atoms with van der Waals surface area (Å²) in [5, 5.41) is 22.0. The minimum absolute atomic E-state index is 0.0116. The normalized spacial score (nSPS) is 27.9. The molecule has 2 aliphatic rings. The average Bonchev–Trinajstić information content (AvgIpc) is 3.10. The number of carbonyl (C=O) groups is 1. The molecule has 2 aliphatic heterocycles. The Kier molecular flexibility index (Phi) is 11.1. The van der Waals surface area contributed by atoms with Crippen molar-refractivity contribution >= 4 is 38.4 Å². The molecular weight excluding hydrogens is 532 g/mol. The maximum Gasteiger partial charge on any atom is 0.350 e. The Morgan fingerprint density at radius 3 is 2.13 bits per heavy atom. The molecule has 14 heteroatoms. The van der Waals surface area contributed by atoms with E-state index in [1.54, 1.807) is 0 Å². The molecule has 0 aliphatic carbocycles. The van der Waals surface area contributed by atoms with E-state index >= 15 is 0 Å². The summed E-state index contributed by atoms with van der Waals surface area (Å²) < 4.78 is 27.9. The number of carbonyl (C=O) groups excluding carboxylic acids is 1. The zero-order chi connectivity index (χ0) is 29.9. The SMILES string of the molecule is CC(=O)Cc1ccn([C@@H]2O[C@@H]3CO[Si](C(C)C)(C(C)C)O[Si](C(C)C)(C(C)C)O[C@H]3C2(O)C#N)c(=O)n1.[B][B]. The molecule has 1 aromatic rings. The summed E-state index contributed by atoms with van der Waals surface area (Å²) in [6.07, 6.45) is -1.88. The molecule has 0 saturated carbocycles. The molecule has 0 spiro atoms. The maximum absolute atomic E-state index is 12.9. The molecule has 3 heterocycles. The Morgan fingerprint density at radius 1 is 1.15 bits per heavy atom. The molecule has 0 aromatic carbocycles. The van der Waals surface area contributed by atoms with Crippen LogP contribution in [0.4, 0.5) is 0 Å². The van der Waals surface area contributed by atoms with Crippen LogP contribution in [-0.4, -0.2) is 77.5 Å². The van der Waals surface area contributed by atoms with Crippen LogP contribution in [0, 0.1) is 11.3 Å². The first-order valence-corrected chi connectivity index (χ1v) is 17.3. The standard InChI is InChI=1S/C25H41N3O7Si2.B2/c1-15(2)36(16(3)4)32-13-21-22(34-37(35-36,17(5)6)18(7)8)25(31,14-26)23(33-21)28-11-10-20(12-19(9)29)27-24(28)30;1-2/h10-11,15-18,21-23,31H,12-13H2,1-9H3;/t21-,22-,23-,25?;/m1./s1. The molecule has 4 radical (unpaired) electrons. The lowest BCUT2D eigenvalue weighted by atomic mass is 9.81. The lowest BCUT2D eigenvalue weighted by Crippen LogP contribution is -2.67. The summed E-state index contributed by atoms with van der Waals surface area (Å²) in [4.78, 5) is 28.4. The molecular formula is C25H41B2N3O7Si2. The molecule has 39 heavy (non-hydrogen) atoms. The first kappa shape index (κ1) is 33.6. The van der Waals surface area contributed by atoms with Crippen LogP contribution in [0.15, 0.2) is 17.1 Å². The van der Waals surface area contributed by atoms with Crippen molar-refractivity contribution in [1.29, 1.82) is 5.26 Å². The monoisotopic (exact) mass is 573 g/mol. The third-order valence-corrected chi connectivity index (χ3v) is 17.8. The van der Waals surface area contributed by atoms with Gasteiger partial charge in [-0.05, 0) is 35.2 Å². The maximum atomic E-state index is 12.9. The van der Waals surface area contributed by atoms with Crippen molar-refractivity contribution in [3.05, 3.63) is 28.4 Å². The van der Waals surface area contributed by atoms with Crippen LogP contribution in [0.5, 0.6) is 0 Å². The number of ether oxygens (including phenoxy) is 1. The van der Waals surface area contributed by atoms with Crippen molar-refractivity contribution in [1.82, 2.24) is 9.55 Å². The van der Waals surface area contributed by atoms with Crippen LogP contribution in [0.2, 0.25) is 22.2 Å². The third kappa shape index (κ3) is 6.19. The molecule has 0 amide bonds. The number of nitriles is 1. The number of Topliss-reactive ketones (excluding diaryl/α,β-unsaturated/α-hetero) is 1. The minimum atomic E-state index is -3.14. The first-order chi connectivity index (χ1) is 18.1. The van der Waals surface area contributed by atoms with E-state index in [9.17, 15) is 20.0 Å². The van der Waals surface area contributed by atoms with E-state index in [2.05, 4.69) is 48.2 Å². The Hall–Kier alpha value is -1.60. The zero-order valence-electron chi connectivity index (χ0n) is 24.5. The van der Waals surface area contributed by atoms with Crippen molar-refractivity contribution in [2.24, 2.45) is 0 Å². The van der Waals surface area contributed by atoms with E-state index < -0.39 is 46.8 Å². The van der Waals surface area contributed by atoms with Crippen LogP contribution in [0.3, 0.4) is 0 Å². The Labute approximate surface area is 236 Å². The van der Waals surface area contributed by atoms with Crippen LogP contribution in [0.1, 0.15) is 74.2 Å². The summed E-state index contributed by atoms with van der Waals surface area (Å²) in [6.45, 7) is 18.0. The van der Waals surface area contributed by atoms with Crippen LogP contribution in [-0.2, 0) is 28.9 Å². The van der Waals surface area contributed by atoms with Gasteiger partial charge in [0, 0.05) is 28.1 Å². The minimum Gasteiger partial charge on any atom is -0.414 e. The lowest BCUT2D eigenvalue weighted by Gasteiger charge is -2.51. The van der Waals surface area contributed by atoms with Crippen LogP contribution < -0.4 is 5.69 Å². The van der Waals surface area contributed by atoms with Gasteiger partial charge in [-0.2, -0.15) is 10.2 Å². The van der Waals surface area contributed by atoms with Gasteiger partial charge < -0.3 is 22.8 Å². The number of nitrogens with zero attached hydrogens (tertiary/aromatic N) is 3. The molecule has 10 nitrogen and oxygen atoms in total. The number of hydrogen-bond donors (Lipinski definition) is 1.